The Balaban J connectivity index is 2.50. The van der Waals surface area contributed by atoms with Gasteiger partial charge in [-0.1, -0.05) is 18.2 Å². The molecule has 0 aliphatic carbocycles. The van der Waals surface area contributed by atoms with Gasteiger partial charge in [-0.05, 0) is 26.0 Å². The SMILES string of the molecule is CC(C)S(=O)(=O)Nc1cccc2cccnc12. The number of sulfonamides is 1. The lowest BCUT2D eigenvalue weighted by Gasteiger charge is -2.12. The molecule has 0 unspecified atom stereocenters. The molecule has 0 aliphatic heterocycles. The van der Waals surface area contributed by atoms with Crippen LogP contribution >= 0.6 is 0 Å². The molecule has 0 bridgehead atoms. The van der Waals surface area contributed by atoms with Gasteiger partial charge in [0.05, 0.1) is 16.5 Å². The lowest BCUT2D eigenvalue weighted by molar-refractivity contribution is 0.593. The number of fused-ring (bicyclic) bond motifs is 1. The van der Waals surface area contributed by atoms with Crippen molar-refractivity contribution in [1.29, 1.82) is 0 Å². The third kappa shape index (κ3) is 2.39. The third-order valence-corrected chi connectivity index (χ3v) is 4.25. The van der Waals surface area contributed by atoms with E-state index in [1.54, 1.807) is 26.1 Å². The number of hydrogen-bond acceptors (Lipinski definition) is 3. The molecule has 1 aromatic heterocycles. The van der Waals surface area contributed by atoms with Crippen molar-refractivity contribution in [2.45, 2.75) is 19.1 Å². The molecule has 4 nitrogen and oxygen atoms in total. The number of nitrogens with one attached hydrogen (secondary N) is 1. The standard InChI is InChI=1S/C12H14N2O2S/c1-9(2)17(15,16)14-11-7-3-5-10-6-4-8-13-12(10)11/h3-9,14H,1-2H3. The van der Waals surface area contributed by atoms with Crippen molar-refractivity contribution >= 4 is 26.6 Å². The molecule has 1 heterocycles. The van der Waals surface area contributed by atoms with Gasteiger partial charge >= 0.3 is 0 Å². The molecular formula is C12H14N2O2S. The van der Waals surface area contributed by atoms with E-state index in [0.29, 0.717) is 11.2 Å². The van der Waals surface area contributed by atoms with Gasteiger partial charge in [0.15, 0.2) is 0 Å². The zero-order valence-electron chi connectivity index (χ0n) is 9.71. The molecule has 1 N–H and O–H groups in total. The van der Waals surface area contributed by atoms with Gasteiger partial charge in [0, 0.05) is 11.6 Å². The first-order valence-corrected chi connectivity index (χ1v) is 6.91. The molecule has 2 aromatic rings. The van der Waals surface area contributed by atoms with Crippen molar-refractivity contribution in [3.05, 3.63) is 36.5 Å². The van der Waals surface area contributed by atoms with Gasteiger partial charge in [-0.3, -0.25) is 9.71 Å². The first-order valence-electron chi connectivity index (χ1n) is 5.36. The van der Waals surface area contributed by atoms with Crippen LogP contribution in [-0.4, -0.2) is 18.7 Å². The maximum absolute atomic E-state index is 11.8. The van der Waals surface area contributed by atoms with Gasteiger partial charge in [0.2, 0.25) is 10.0 Å². The minimum atomic E-state index is -3.33. The van der Waals surface area contributed by atoms with Gasteiger partial charge in [-0.2, -0.15) is 0 Å². The number of para-hydroxylation sites is 1. The number of anilines is 1. The highest BCUT2D eigenvalue weighted by Gasteiger charge is 2.16. The van der Waals surface area contributed by atoms with Crippen molar-refractivity contribution in [2.24, 2.45) is 0 Å². The van der Waals surface area contributed by atoms with Gasteiger partial charge in [0.1, 0.15) is 0 Å². The van der Waals surface area contributed by atoms with E-state index in [9.17, 15) is 8.42 Å². The Bertz CT molecular complexity index is 631. The molecule has 90 valence electrons. The average Bonchev–Trinajstić information content (AvgIpc) is 2.29. The fourth-order valence-corrected chi connectivity index (χ4v) is 2.16. The summed E-state index contributed by atoms with van der Waals surface area (Å²) >= 11 is 0. The monoisotopic (exact) mass is 250 g/mol. The van der Waals surface area contributed by atoms with E-state index in [0.717, 1.165) is 5.39 Å². The molecule has 0 spiro atoms. The second-order valence-electron chi connectivity index (χ2n) is 4.08. The van der Waals surface area contributed by atoms with Crippen LogP contribution in [0.4, 0.5) is 5.69 Å². The molecule has 0 atom stereocenters. The van der Waals surface area contributed by atoms with E-state index >= 15 is 0 Å². The summed E-state index contributed by atoms with van der Waals surface area (Å²) < 4.78 is 26.2. The second-order valence-corrected chi connectivity index (χ2v) is 6.31. The summed E-state index contributed by atoms with van der Waals surface area (Å²) in [4.78, 5) is 4.20. The molecule has 17 heavy (non-hydrogen) atoms. The largest absolute Gasteiger partial charge is 0.281 e. The molecule has 0 saturated heterocycles. The van der Waals surface area contributed by atoms with Crippen LogP contribution in [0, 0.1) is 0 Å². The maximum Gasteiger partial charge on any atom is 0.235 e. The molecular weight excluding hydrogens is 236 g/mol. The van der Waals surface area contributed by atoms with Crippen molar-refractivity contribution in [3.8, 4) is 0 Å². The Morgan fingerprint density at radius 3 is 2.59 bits per heavy atom. The minimum Gasteiger partial charge on any atom is -0.281 e. The number of aromatic nitrogens is 1. The molecule has 0 aliphatic rings. The summed E-state index contributed by atoms with van der Waals surface area (Å²) in [6, 6.07) is 9.14. The van der Waals surface area contributed by atoms with Crippen molar-refractivity contribution < 1.29 is 8.42 Å². The van der Waals surface area contributed by atoms with Gasteiger partial charge in [-0.15, -0.1) is 0 Å². The summed E-state index contributed by atoms with van der Waals surface area (Å²) in [5.74, 6) is 0. The quantitative estimate of drug-likeness (QED) is 0.909. The lowest BCUT2D eigenvalue weighted by Crippen LogP contribution is -2.22. The molecule has 2 rings (SSSR count). The predicted molar refractivity (Wildman–Crippen MR) is 69.4 cm³/mol. The molecule has 5 heteroatoms. The van der Waals surface area contributed by atoms with Crippen LogP contribution in [0.5, 0.6) is 0 Å². The van der Waals surface area contributed by atoms with E-state index in [1.807, 2.05) is 24.3 Å². The van der Waals surface area contributed by atoms with Gasteiger partial charge in [0.25, 0.3) is 0 Å². The Labute approximate surface area is 101 Å². The number of pyridine rings is 1. The van der Waals surface area contributed by atoms with Crippen molar-refractivity contribution in [2.75, 3.05) is 4.72 Å². The summed E-state index contributed by atoms with van der Waals surface area (Å²) in [5.41, 5.74) is 1.19. The second kappa shape index (κ2) is 4.33. The minimum absolute atomic E-state index is 0.471. The predicted octanol–water partition coefficient (Wildman–Crippen LogP) is 2.38. The fourth-order valence-electron chi connectivity index (χ4n) is 1.46. The van der Waals surface area contributed by atoms with Crippen molar-refractivity contribution in [1.82, 2.24) is 4.98 Å². The normalized spacial score (nSPS) is 11.9. The Morgan fingerprint density at radius 2 is 1.88 bits per heavy atom. The van der Waals surface area contributed by atoms with E-state index in [1.165, 1.54) is 0 Å². The van der Waals surface area contributed by atoms with Crippen LogP contribution in [-0.2, 0) is 10.0 Å². The first kappa shape index (κ1) is 11.9. The lowest BCUT2D eigenvalue weighted by atomic mass is 10.2. The van der Waals surface area contributed by atoms with Crippen LogP contribution in [0.1, 0.15) is 13.8 Å². The highest BCUT2D eigenvalue weighted by atomic mass is 32.2. The van der Waals surface area contributed by atoms with Gasteiger partial charge in [-0.25, -0.2) is 8.42 Å². The summed E-state index contributed by atoms with van der Waals surface area (Å²) in [6.07, 6.45) is 1.65. The number of benzene rings is 1. The van der Waals surface area contributed by atoms with Crippen LogP contribution in [0.25, 0.3) is 10.9 Å². The summed E-state index contributed by atoms with van der Waals surface area (Å²) in [7, 11) is -3.33. The Kier molecular flexibility index (Phi) is 3.02. The van der Waals surface area contributed by atoms with E-state index in [2.05, 4.69) is 9.71 Å². The zero-order valence-corrected chi connectivity index (χ0v) is 10.5. The molecule has 0 fully saturated rings. The first-order chi connectivity index (χ1) is 8.00. The highest BCUT2D eigenvalue weighted by molar-refractivity contribution is 7.93. The van der Waals surface area contributed by atoms with Crippen LogP contribution < -0.4 is 4.72 Å². The smallest absolute Gasteiger partial charge is 0.235 e. The van der Waals surface area contributed by atoms with E-state index in [-0.39, 0.29) is 0 Å². The van der Waals surface area contributed by atoms with E-state index in [4.69, 9.17) is 0 Å². The van der Waals surface area contributed by atoms with E-state index < -0.39 is 15.3 Å². The highest BCUT2D eigenvalue weighted by Crippen LogP contribution is 2.22. The zero-order chi connectivity index (χ0) is 12.5. The third-order valence-electron chi connectivity index (χ3n) is 2.51. The fraction of sp³-hybridized carbons (Fsp3) is 0.250. The number of hydrogen-bond donors (Lipinski definition) is 1. The Morgan fingerprint density at radius 1 is 1.18 bits per heavy atom. The molecule has 1 aromatic carbocycles. The number of rotatable bonds is 3. The summed E-state index contributed by atoms with van der Waals surface area (Å²) in [6.45, 7) is 3.28. The molecule has 0 saturated carbocycles. The molecule has 0 amide bonds. The molecule has 0 radical (unpaired) electrons. The average molecular weight is 250 g/mol. The topological polar surface area (TPSA) is 59.1 Å². The Hall–Kier alpha value is -1.62. The van der Waals surface area contributed by atoms with Crippen LogP contribution in [0.2, 0.25) is 0 Å². The number of nitrogens with zero attached hydrogens (tertiary/aromatic N) is 1. The van der Waals surface area contributed by atoms with Crippen molar-refractivity contribution in [3.63, 3.8) is 0 Å². The van der Waals surface area contributed by atoms with Crippen LogP contribution in [0.3, 0.4) is 0 Å². The summed E-state index contributed by atoms with van der Waals surface area (Å²) in [5, 5.41) is 0.443. The van der Waals surface area contributed by atoms with Crippen LogP contribution in [0.15, 0.2) is 36.5 Å². The maximum atomic E-state index is 11.8. The van der Waals surface area contributed by atoms with Gasteiger partial charge < -0.3 is 0 Å².